The lowest BCUT2D eigenvalue weighted by Crippen LogP contribution is -2.44. The second-order valence-electron chi connectivity index (χ2n) is 10.5. The van der Waals surface area contributed by atoms with E-state index in [2.05, 4.69) is 20.9 Å². The smallest absolute Gasteiger partial charge is 0.410 e. The summed E-state index contributed by atoms with van der Waals surface area (Å²) in [5.74, 6) is 1.73. The highest BCUT2D eigenvalue weighted by molar-refractivity contribution is 5.92. The van der Waals surface area contributed by atoms with Crippen molar-refractivity contribution >= 4 is 34.9 Å². The quantitative estimate of drug-likeness (QED) is 0.399. The summed E-state index contributed by atoms with van der Waals surface area (Å²) in [4.78, 5) is 42.8. The van der Waals surface area contributed by atoms with E-state index < -0.39 is 5.60 Å². The van der Waals surface area contributed by atoms with E-state index in [1.54, 1.807) is 40.1 Å². The summed E-state index contributed by atoms with van der Waals surface area (Å²) < 4.78 is 13.0. The molecule has 4 rings (SSSR count). The number of likely N-dealkylation sites (tertiary alicyclic amines) is 1. The van der Waals surface area contributed by atoms with Crippen molar-refractivity contribution in [3.8, 4) is 11.5 Å². The highest BCUT2D eigenvalue weighted by Crippen LogP contribution is 2.27. The summed E-state index contributed by atoms with van der Waals surface area (Å²) in [6.07, 6.45) is 4.56. The molecule has 4 amide bonds. The standard InChI is InChI=1S/C28H36N6O5/c1-5-29-26(36)34-15-11-20-16-21(6-7-23(20)34)38-22-8-12-30-24(17-22)32-25(35)31-18-19-9-13-33(14-10-19)27(37)39-28(2,3)4/h6-8,11-12,15-17,19H,5,9-10,13-14,18H2,1-4H3,(H,29,36)(H2,30,31,32,35). The fraction of sp³-hybridized carbons (Fsp3) is 0.429. The van der Waals surface area contributed by atoms with Crippen LogP contribution in [0.1, 0.15) is 40.5 Å². The number of ether oxygens (including phenoxy) is 2. The summed E-state index contributed by atoms with van der Waals surface area (Å²) in [5.41, 5.74) is 0.259. The van der Waals surface area contributed by atoms with Crippen LogP contribution in [0.5, 0.6) is 11.5 Å². The van der Waals surface area contributed by atoms with Gasteiger partial charge in [-0.1, -0.05) is 0 Å². The number of hydrogen-bond acceptors (Lipinski definition) is 6. The number of amides is 4. The molecule has 1 saturated heterocycles. The van der Waals surface area contributed by atoms with E-state index in [0.717, 1.165) is 23.7 Å². The van der Waals surface area contributed by atoms with Crippen molar-refractivity contribution in [2.75, 3.05) is 31.5 Å². The van der Waals surface area contributed by atoms with E-state index in [4.69, 9.17) is 9.47 Å². The summed E-state index contributed by atoms with van der Waals surface area (Å²) >= 11 is 0. The third-order valence-electron chi connectivity index (χ3n) is 6.23. The fourth-order valence-electron chi connectivity index (χ4n) is 4.32. The fourth-order valence-corrected chi connectivity index (χ4v) is 4.32. The number of benzene rings is 1. The van der Waals surface area contributed by atoms with Crippen molar-refractivity contribution in [3.63, 3.8) is 0 Å². The molecule has 0 radical (unpaired) electrons. The minimum Gasteiger partial charge on any atom is -0.457 e. The van der Waals surface area contributed by atoms with E-state index in [1.807, 2.05) is 45.9 Å². The first kappa shape index (κ1) is 27.7. The number of anilines is 1. The molecule has 1 fully saturated rings. The van der Waals surface area contributed by atoms with Gasteiger partial charge in [-0.2, -0.15) is 0 Å². The van der Waals surface area contributed by atoms with Crippen molar-refractivity contribution in [3.05, 3.63) is 48.8 Å². The number of fused-ring (bicyclic) bond motifs is 1. The van der Waals surface area contributed by atoms with Gasteiger partial charge in [-0.3, -0.25) is 9.88 Å². The molecule has 3 aromatic rings. The lowest BCUT2D eigenvalue weighted by Gasteiger charge is -2.33. The monoisotopic (exact) mass is 536 g/mol. The average Bonchev–Trinajstić information content (AvgIpc) is 3.31. The van der Waals surface area contributed by atoms with Gasteiger partial charge < -0.3 is 25.0 Å². The molecule has 3 N–H and O–H groups in total. The molecule has 2 aromatic heterocycles. The Hall–Kier alpha value is -4.28. The van der Waals surface area contributed by atoms with Crippen molar-refractivity contribution in [2.24, 2.45) is 5.92 Å². The van der Waals surface area contributed by atoms with Gasteiger partial charge in [0, 0.05) is 50.0 Å². The molecule has 1 aliphatic rings. The number of nitrogens with zero attached hydrogens (tertiary/aromatic N) is 3. The Morgan fingerprint density at radius 3 is 2.49 bits per heavy atom. The molecule has 0 bridgehead atoms. The van der Waals surface area contributed by atoms with Gasteiger partial charge in [0.2, 0.25) is 0 Å². The van der Waals surface area contributed by atoms with E-state index >= 15 is 0 Å². The molecule has 0 unspecified atom stereocenters. The number of piperidine rings is 1. The lowest BCUT2D eigenvalue weighted by molar-refractivity contribution is 0.0184. The van der Waals surface area contributed by atoms with Crippen molar-refractivity contribution in [1.29, 1.82) is 0 Å². The summed E-state index contributed by atoms with van der Waals surface area (Å²) in [7, 11) is 0. The van der Waals surface area contributed by atoms with Crippen molar-refractivity contribution < 1.29 is 23.9 Å². The van der Waals surface area contributed by atoms with Gasteiger partial charge in [-0.05, 0) is 76.8 Å². The maximum absolute atomic E-state index is 12.5. The molecule has 1 aliphatic heterocycles. The van der Waals surface area contributed by atoms with Gasteiger partial charge in [-0.15, -0.1) is 0 Å². The first-order valence-electron chi connectivity index (χ1n) is 13.2. The van der Waals surface area contributed by atoms with Crippen LogP contribution in [0.3, 0.4) is 0 Å². The van der Waals surface area contributed by atoms with E-state index in [9.17, 15) is 14.4 Å². The number of pyridine rings is 1. The zero-order valence-corrected chi connectivity index (χ0v) is 22.8. The van der Waals surface area contributed by atoms with E-state index in [0.29, 0.717) is 43.5 Å². The first-order valence-corrected chi connectivity index (χ1v) is 13.2. The van der Waals surface area contributed by atoms with Crippen LogP contribution in [-0.2, 0) is 4.74 Å². The van der Waals surface area contributed by atoms with Gasteiger partial charge in [-0.25, -0.2) is 19.4 Å². The van der Waals surface area contributed by atoms with Gasteiger partial charge in [0.25, 0.3) is 0 Å². The van der Waals surface area contributed by atoms with E-state index in [-0.39, 0.29) is 24.1 Å². The van der Waals surface area contributed by atoms with Gasteiger partial charge >= 0.3 is 18.2 Å². The zero-order valence-electron chi connectivity index (χ0n) is 22.8. The Bertz CT molecular complexity index is 1320. The Balaban J connectivity index is 1.26. The second kappa shape index (κ2) is 12.1. The molecule has 11 nitrogen and oxygen atoms in total. The van der Waals surface area contributed by atoms with Crippen LogP contribution >= 0.6 is 0 Å². The molecular formula is C28H36N6O5. The highest BCUT2D eigenvalue weighted by atomic mass is 16.6. The maximum Gasteiger partial charge on any atom is 0.410 e. The molecule has 0 aliphatic carbocycles. The lowest BCUT2D eigenvalue weighted by atomic mass is 9.97. The summed E-state index contributed by atoms with van der Waals surface area (Å²) in [6.45, 7) is 9.68. The molecule has 0 spiro atoms. The van der Waals surface area contributed by atoms with Crippen molar-refractivity contribution in [1.82, 2.24) is 25.1 Å². The largest absolute Gasteiger partial charge is 0.457 e. The number of hydrogen-bond donors (Lipinski definition) is 3. The predicted molar refractivity (Wildman–Crippen MR) is 148 cm³/mol. The molecule has 208 valence electrons. The molecule has 3 heterocycles. The number of rotatable bonds is 6. The molecule has 1 aromatic carbocycles. The van der Waals surface area contributed by atoms with Crippen LogP contribution < -0.4 is 20.7 Å². The highest BCUT2D eigenvalue weighted by Gasteiger charge is 2.27. The Morgan fingerprint density at radius 1 is 1.03 bits per heavy atom. The second-order valence-corrected chi connectivity index (χ2v) is 10.5. The number of carbonyl (C=O) groups excluding carboxylic acids is 3. The first-order chi connectivity index (χ1) is 18.6. The SMILES string of the molecule is CCNC(=O)n1ccc2cc(Oc3ccnc(NC(=O)NCC4CCN(C(=O)OC(C)(C)C)CC4)c3)ccc21. The molecule has 39 heavy (non-hydrogen) atoms. The molecule has 0 saturated carbocycles. The van der Waals surface area contributed by atoms with Crippen molar-refractivity contribution in [2.45, 2.75) is 46.1 Å². The summed E-state index contributed by atoms with van der Waals surface area (Å²) in [5, 5.41) is 9.28. The predicted octanol–water partition coefficient (Wildman–Crippen LogP) is 5.17. The molecule has 0 atom stereocenters. The Morgan fingerprint density at radius 2 is 1.77 bits per heavy atom. The van der Waals surface area contributed by atoms with Crippen LogP contribution in [0, 0.1) is 5.92 Å². The number of urea groups is 1. The van der Waals surface area contributed by atoms with Crippen LogP contribution in [0.15, 0.2) is 48.8 Å². The Kier molecular flexibility index (Phi) is 8.58. The molecule has 11 heteroatoms. The van der Waals surface area contributed by atoms with Gasteiger partial charge in [0.05, 0.1) is 5.52 Å². The normalized spacial score (nSPS) is 14.1. The van der Waals surface area contributed by atoms with E-state index in [1.165, 1.54) is 0 Å². The number of carbonyl (C=O) groups is 3. The number of aromatic nitrogens is 2. The average molecular weight is 537 g/mol. The number of nitrogens with one attached hydrogen (secondary N) is 3. The summed E-state index contributed by atoms with van der Waals surface area (Å²) in [6, 6.07) is 10.1. The zero-order chi connectivity index (χ0) is 28.0. The topological polar surface area (TPSA) is 127 Å². The Labute approximate surface area is 227 Å². The maximum atomic E-state index is 12.5. The third kappa shape index (κ3) is 7.62. The molecular weight excluding hydrogens is 500 g/mol. The van der Waals surface area contributed by atoms with Gasteiger partial charge in [0.1, 0.15) is 22.9 Å². The van der Waals surface area contributed by atoms with Crippen LogP contribution in [-0.4, -0.2) is 64.4 Å². The van der Waals surface area contributed by atoms with Crippen LogP contribution in [0.2, 0.25) is 0 Å². The minimum atomic E-state index is -0.516. The van der Waals surface area contributed by atoms with Crippen LogP contribution in [0.4, 0.5) is 20.2 Å². The third-order valence-corrected chi connectivity index (χ3v) is 6.23. The minimum absolute atomic E-state index is 0.185. The van der Waals surface area contributed by atoms with Crippen LogP contribution in [0.25, 0.3) is 10.9 Å². The van der Waals surface area contributed by atoms with Gasteiger partial charge in [0.15, 0.2) is 0 Å².